The number of hydrogen-bond donors (Lipinski definition) is 2. The van der Waals surface area contributed by atoms with Gasteiger partial charge in [-0.05, 0) is 58.4 Å². The number of rotatable bonds is 7. The van der Waals surface area contributed by atoms with Crippen molar-refractivity contribution in [2.24, 2.45) is 5.41 Å². The summed E-state index contributed by atoms with van der Waals surface area (Å²) in [5.74, 6) is 0. The van der Waals surface area contributed by atoms with Crippen LogP contribution < -0.4 is 10.0 Å². The third-order valence-electron chi connectivity index (χ3n) is 4.11. The Bertz CT molecular complexity index is 598. The van der Waals surface area contributed by atoms with Crippen LogP contribution in [0.2, 0.25) is 0 Å². The van der Waals surface area contributed by atoms with E-state index in [9.17, 15) is 8.42 Å². The molecule has 0 heterocycles. The number of sulfonamides is 1. The fraction of sp³-hybridized carbons (Fsp3) is 0.600. The van der Waals surface area contributed by atoms with Crippen LogP contribution in [0.4, 0.5) is 0 Å². The molecule has 0 aliphatic heterocycles. The predicted molar refractivity (Wildman–Crippen MR) is 88.7 cm³/mol. The summed E-state index contributed by atoms with van der Waals surface area (Å²) in [5.41, 5.74) is 1.19. The average Bonchev–Trinajstić information content (AvgIpc) is 2.40. The quantitative estimate of drug-likeness (QED) is 0.770. The van der Waals surface area contributed by atoms with E-state index in [1.807, 2.05) is 19.1 Å². The Balaban J connectivity index is 2.08. The van der Waals surface area contributed by atoms with Crippen LogP contribution in [0.15, 0.2) is 27.6 Å². The van der Waals surface area contributed by atoms with Crippen LogP contribution >= 0.6 is 15.9 Å². The van der Waals surface area contributed by atoms with Crippen molar-refractivity contribution in [1.29, 1.82) is 0 Å². The highest BCUT2D eigenvalue weighted by molar-refractivity contribution is 9.10. The molecule has 1 saturated carbocycles. The Morgan fingerprint density at radius 2 is 2.05 bits per heavy atom. The molecule has 0 spiro atoms. The third kappa shape index (κ3) is 4.28. The second-order valence-electron chi connectivity index (χ2n) is 6.03. The van der Waals surface area contributed by atoms with Gasteiger partial charge in [-0.2, -0.15) is 0 Å². The van der Waals surface area contributed by atoms with Crippen LogP contribution in [0.25, 0.3) is 0 Å². The minimum Gasteiger partial charge on any atom is -0.313 e. The van der Waals surface area contributed by atoms with E-state index in [1.54, 1.807) is 6.07 Å². The highest BCUT2D eigenvalue weighted by Gasteiger charge is 2.33. The topological polar surface area (TPSA) is 58.2 Å². The molecule has 0 aromatic heterocycles. The monoisotopic (exact) mass is 374 g/mol. The van der Waals surface area contributed by atoms with E-state index in [1.165, 1.54) is 6.42 Å². The lowest BCUT2D eigenvalue weighted by Gasteiger charge is -2.38. The zero-order valence-corrected chi connectivity index (χ0v) is 15.0. The summed E-state index contributed by atoms with van der Waals surface area (Å²) in [6.07, 6.45) is 3.39. The first-order chi connectivity index (χ1) is 9.86. The first-order valence-electron chi connectivity index (χ1n) is 7.35. The van der Waals surface area contributed by atoms with Gasteiger partial charge in [0.2, 0.25) is 10.0 Å². The van der Waals surface area contributed by atoms with Gasteiger partial charge in [0.1, 0.15) is 0 Å². The lowest BCUT2D eigenvalue weighted by atomic mass is 9.71. The Kier molecular flexibility index (Phi) is 5.46. The molecule has 21 heavy (non-hydrogen) atoms. The van der Waals surface area contributed by atoms with Crippen molar-refractivity contribution in [1.82, 2.24) is 10.0 Å². The predicted octanol–water partition coefficient (Wildman–Crippen LogP) is 3.03. The third-order valence-corrected chi connectivity index (χ3v) is 6.49. The van der Waals surface area contributed by atoms with Gasteiger partial charge in [-0.3, -0.25) is 0 Å². The fourth-order valence-corrected chi connectivity index (χ4v) is 4.77. The van der Waals surface area contributed by atoms with E-state index in [2.05, 4.69) is 32.9 Å². The van der Waals surface area contributed by atoms with Gasteiger partial charge in [-0.15, -0.1) is 0 Å². The smallest absolute Gasteiger partial charge is 0.241 e. The van der Waals surface area contributed by atoms with Gasteiger partial charge in [-0.25, -0.2) is 13.1 Å². The Labute approximate surface area is 135 Å². The van der Waals surface area contributed by atoms with Gasteiger partial charge in [0.25, 0.3) is 0 Å². The minimum atomic E-state index is -3.45. The molecule has 4 nitrogen and oxygen atoms in total. The summed E-state index contributed by atoms with van der Waals surface area (Å²) in [6, 6.07) is 5.39. The van der Waals surface area contributed by atoms with Gasteiger partial charge in [0.15, 0.2) is 0 Å². The van der Waals surface area contributed by atoms with E-state index in [-0.39, 0.29) is 5.41 Å². The minimum absolute atomic E-state index is 0.129. The summed E-state index contributed by atoms with van der Waals surface area (Å²) in [6.45, 7) is 6.31. The van der Waals surface area contributed by atoms with Gasteiger partial charge in [-0.1, -0.05) is 26.3 Å². The van der Waals surface area contributed by atoms with Crippen LogP contribution in [-0.4, -0.2) is 21.5 Å². The number of hydrogen-bond acceptors (Lipinski definition) is 3. The molecule has 1 aromatic carbocycles. The lowest BCUT2D eigenvalue weighted by molar-refractivity contribution is 0.166. The molecule has 0 bridgehead atoms. The van der Waals surface area contributed by atoms with Crippen molar-refractivity contribution < 1.29 is 8.42 Å². The molecule has 0 amide bonds. The molecule has 2 N–H and O–H groups in total. The van der Waals surface area contributed by atoms with Crippen molar-refractivity contribution in [2.45, 2.75) is 44.6 Å². The fourth-order valence-electron chi connectivity index (χ4n) is 2.45. The van der Waals surface area contributed by atoms with E-state index >= 15 is 0 Å². The molecule has 1 aliphatic rings. The molecule has 1 aliphatic carbocycles. The first kappa shape index (κ1) is 16.9. The summed E-state index contributed by atoms with van der Waals surface area (Å²) >= 11 is 3.38. The highest BCUT2D eigenvalue weighted by atomic mass is 79.9. The molecule has 1 aromatic rings. The molecule has 2 rings (SSSR count). The van der Waals surface area contributed by atoms with E-state index in [4.69, 9.17) is 0 Å². The molecule has 0 atom stereocenters. The normalized spacial score (nSPS) is 17.5. The second-order valence-corrected chi connectivity index (χ2v) is 8.62. The van der Waals surface area contributed by atoms with Crippen LogP contribution in [0.1, 0.15) is 38.7 Å². The zero-order valence-electron chi connectivity index (χ0n) is 12.6. The number of benzene rings is 1. The summed E-state index contributed by atoms with van der Waals surface area (Å²) in [7, 11) is -3.45. The van der Waals surface area contributed by atoms with Gasteiger partial charge in [0, 0.05) is 17.6 Å². The largest absolute Gasteiger partial charge is 0.313 e. The van der Waals surface area contributed by atoms with Crippen LogP contribution in [0.5, 0.6) is 0 Å². The Morgan fingerprint density at radius 3 is 2.57 bits per heavy atom. The standard InChI is InChI=1S/C15H23BrN2O2S/c1-3-17-10-12-5-6-14(13(16)9-12)21(19,20)18-11-15(2)7-4-8-15/h5-6,9,17-18H,3-4,7-8,10-11H2,1-2H3. The maximum Gasteiger partial charge on any atom is 0.241 e. The molecule has 0 radical (unpaired) electrons. The second kappa shape index (κ2) is 6.77. The summed E-state index contributed by atoms with van der Waals surface area (Å²) < 4.78 is 28.2. The zero-order chi connectivity index (χ0) is 15.5. The maximum absolute atomic E-state index is 12.4. The molecular formula is C15H23BrN2O2S. The molecule has 6 heteroatoms. The average molecular weight is 375 g/mol. The Morgan fingerprint density at radius 1 is 1.33 bits per heavy atom. The van der Waals surface area contributed by atoms with Crippen molar-refractivity contribution in [3.63, 3.8) is 0 Å². The molecule has 1 fully saturated rings. The van der Waals surface area contributed by atoms with Crippen LogP contribution in [0, 0.1) is 5.41 Å². The molecular weight excluding hydrogens is 352 g/mol. The van der Waals surface area contributed by atoms with Crippen molar-refractivity contribution in [2.75, 3.05) is 13.1 Å². The van der Waals surface area contributed by atoms with Crippen molar-refractivity contribution in [3.05, 3.63) is 28.2 Å². The molecule has 118 valence electrons. The van der Waals surface area contributed by atoms with Crippen LogP contribution in [0.3, 0.4) is 0 Å². The molecule has 0 unspecified atom stereocenters. The van der Waals surface area contributed by atoms with E-state index in [0.717, 1.165) is 31.5 Å². The van der Waals surface area contributed by atoms with E-state index < -0.39 is 10.0 Å². The lowest BCUT2D eigenvalue weighted by Crippen LogP contribution is -2.40. The summed E-state index contributed by atoms with van der Waals surface area (Å²) in [5, 5.41) is 3.22. The first-order valence-corrected chi connectivity index (χ1v) is 9.63. The number of halogens is 1. The van der Waals surface area contributed by atoms with Crippen molar-refractivity contribution >= 4 is 26.0 Å². The SMILES string of the molecule is CCNCc1ccc(S(=O)(=O)NCC2(C)CCC2)c(Br)c1. The van der Waals surface area contributed by atoms with Gasteiger partial charge >= 0.3 is 0 Å². The highest BCUT2D eigenvalue weighted by Crippen LogP contribution is 2.39. The maximum atomic E-state index is 12.4. The van der Waals surface area contributed by atoms with Crippen LogP contribution in [-0.2, 0) is 16.6 Å². The van der Waals surface area contributed by atoms with Crippen molar-refractivity contribution in [3.8, 4) is 0 Å². The van der Waals surface area contributed by atoms with E-state index in [0.29, 0.717) is 15.9 Å². The molecule has 0 saturated heterocycles. The summed E-state index contributed by atoms with van der Waals surface area (Å²) in [4.78, 5) is 0.311. The van der Waals surface area contributed by atoms with Gasteiger partial charge < -0.3 is 5.32 Å². The van der Waals surface area contributed by atoms with Gasteiger partial charge in [0.05, 0.1) is 4.90 Å². The Hall–Kier alpha value is -0.430. The number of nitrogens with one attached hydrogen (secondary N) is 2.